The summed E-state index contributed by atoms with van der Waals surface area (Å²) in [6, 6.07) is 9.13. The summed E-state index contributed by atoms with van der Waals surface area (Å²) in [4.78, 5) is 23.3. The van der Waals surface area contributed by atoms with Crippen molar-refractivity contribution in [3.8, 4) is 11.5 Å². The topological polar surface area (TPSA) is 78.6 Å². The third-order valence-electron chi connectivity index (χ3n) is 4.95. The summed E-state index contributed by atoms with van der Waals surface area (Å²) < 4.78 is 11.9. The Morgan fingerprint density at radius 1 is 1.24 bits per heavy atom. The number of aryl methyl sites for hydroxylation is 1. The van der Waals surface area contributed by atoms with Crippen LogP contribution in [-0.4, -0.2) is 18.3 Å². The zero-order chi connectivity index (χ0) is 17.6. The van der Waals surface area contributed by atoms with Gasteiger partial charge in [-0.1, -0.05) is 6.07 Å². The van der Waals surface area contributed by atoms with Gasteiger partial charge >= 0.3 is 0 Å². The molecule has 2 aromatic carbocycles. The van der Waals surface area contributed by atoms with Crippen LogP contribution in [0.3, 0.4) is 0 Å². The van der Waals surface area contributed by atoms with Crippen LogP contribution in [-0.2, 0) is 6.42 Å². The molecule has 0 aromatic heterocycles. The fraction of sp³-hybridized carbons (Fsp3) is 0.300. The number of ether oxygens (including phenoxy) is 2. The van der Waals surface area contributed by atoms with Crippen LogP contribution >= 0.6 is 0 Å². The highest BCUT2D eigenvalue weighted by Gasteiger charge is 2.27. The molecule has 5 nitrogen and oxygen atoms in total. The van der Waals surface area contributed by atoms with E-state index in [1.165, 1.54) is 0 Å². The molecule has 0 saturated heterocycles. The first-order valence-corrected chi connectivity index (χ1v) is 8.43. The monoisotopic (exact) mass is 337 g/mol. The van der Waals surface area contributed by atoms with E-state index in [0.29, 0.717) is 29.9 Å². The van der Waals surface area contributed by atoms with E-state index in [0.717, 1.165) is 35.3 Å². The second-order valence-corrected chi connectivity index (χ2v) is 6.51. The van der Waals surface area contributed by atoms with Gasteiger partial charge in [0.2, 0.25) is 5.91 Å². The molecule has 0 saturated carbocycles. The van der Waals surface area contributed by atoms with E-state index in [-0.39, 0.29) is 11.9 Å². The molecule has 0 bridgehead atoms. The Bertz CT molecular complexity index is 888. The van der Waals surface area contributed by atoms with E-state index in [4.69, 9.17) is 15.2 Å². The lowest BCUT2D eigenvalue weighted by atomic mass is 10.0. The van der Waals surface area contributed by atoms with Crippen molar-refractivity contribution in [3.63, 3.8) is 0 Å². The van der Waals surface area contributed by atoms with Gasteiger partial charge in [-0.3, -0.25) is 9.59 Å². The van der Waals surface area contributed by atoms with E-state index in [1.807, 2.05) is 25.1 Å². The maximum atomic E-state index is 12.0. The lowest BCUT2D eigenvalue weighted by Gasteiger charge is -2.22. The van der Waals surface area contributed by atoms with Crippen molar-refractivity contribution in [1.29, 1.82) is 0 Å². The zero-order valence-electron chi connectivity index (χ0n) is 14.0. The van der Waals surface area contributed by atoms with Crippen LogP contribution in [0, 0.1) is 6.92 Å². The Labute approximate surface area is 145 Å². The number of ketones is 1. The van der Waals surface area contributed by atoms with E-state index < -0.39 is 5.91 Å². The number of fused-ring (bicyclic) bond motifs is 2. The Morgan fingerprint density at radius 3 is 2.88 bits per heavy atom. The third kappa shape index (κ3) is 2.65. The number of carbonyl (C=O) groups excluding carboxylic acids is 2. The molecule has 0 radical (unpaired) electrons. The molecule has 2 aromatic rings. The number of Topliss-reactive ketones (excluding diaryl/α,β-unsaturated/α-hetero) is 1. The number of benzene rings is 2. The van der Waals surface area contributed by atoms with Gasteiger partial charge in [0.1, 0.15) is 17.6 Å². The normalized spacial score (nSPS) is 18.3. The van der Waals surface area contributed by atoms with Crippen LogP contribution in [0.1, 0.15) is 56.4 Å². The fourth-order valence-corrected chi connectivity index (χ4v) is 3.59. The highest BCUT2D eigenvalue weighted by Crippen LogP contribution is 2.40. The van der Waals surface area contributed by atoms with Crippen molar-refractivity contribution in [1.82, 2.24) is 0 Å². The molecule has 1 aliphatic heterocycles. The number of hydrogen-bond acceptors (Lipinski definition) is 4. The first kappa shape index (κ1) is 15.7. The SMILES string of the molecule is Cc1c(O[C@@H]2CCc3cc(C(N)=O)ccc32)ccc2c1OCCC2=O. The fourth-order valence-electron chi connectivity index (χ4n) is 3.59. The minimum Gasteiger partial charge on any atom is -0.492 e. The Hall–Kier alpha value is -2.82. The van der Waals surface area contributed by atoms with Crippen molar-refractivity contribution in [2.24, 2.45) is 5.73 Å². The first-order valence-electron chi connectivity index (χ1n) is 8.43. The molecule has 0 unspecified atom stereocenters. The summed E-state index contributed by atoms with van der Waals surface area (Å²) in [5, 5.41) is 0. The second-order valence-electron chi connectivity index (χ2n) is 6.51. The molecule has 2 N–H and O–H groups in total. The molecule has 128 valence electrons. The van der Waals surface area contributed by atoms with E-state index in [1.54, 1.807) is 12.1 Å². The molecule has 1 aliphatic carbocycles. The largest absolute Gasteiger partial charge is 0.492 e. The average molecular weight is 337 g/mol. The van der Waals surface area contributed by atoms with Gasteiger partial charge in [0, 0.05) is 17.5 Å². The third-order valence-corrected chi connectivity index (χ3v) is 4.95. The van der Waals surface area contributed by atoms with Gasteiger partial charge in [-0.2, -0.15) is 0 Å². The number of nitrogens with two attached hydrogens (primary N) is 1. The minimum absolute atomic E-state index is 0.0760. The number of rotatable bonds is 3. The van der Waals surface area contributed by atoms with E-state index in [2.05, 4.69) is 0 Å². The van der Waals surface area contributed by atoms with Crippen molar-refractivity contribution in [2.75, 3.05) is 6.61 Å². The van der Waals surface area contributed by atoms with Crippen molar-refractivity contribution >= 4 is 11.7 Å². The van der Waals surface area contributed by atoms with Crippen molar-refractivity contribution in [2.45, 2.75) is 32.3 Å². The lowest BCUT2D eigenvalue weighted by molar-refractivity contribution is 0.0931. The minimum atomic E-state index is -0.417. The van der Waals surface area contributed by atoms with Crippen LogP contribution in [0.2, 0.25) is 0 Å². The molecule has 1 atom stereocenters. The molecule has 2 aliphatic rings. The van der Waals surface area contributed by atoms with Crippen molar-refractivity contribution < 1.29 is 19.1 Å². The Kier molecular flexibility index (Phi) is 3.71. The number of hydrogen-bond donors (Lipinski definition) is 1. The van der Waals surface area contributed by atoms with E-state index in [9.17, 15) is 9.59 Å². The molecule has 1 heterocycles. The quantitative estimate of drug-likeness (QED) is 0.933. The van der Waals surface area contributed by atoms with Crippen LogP contribution < -0.4 is 15.2 Å². The van der Waals surface area contributed by atoms with Crippen LogP contribution in [0.15, 0.2) is 30.3 Å². The summed E-state index contributed by atoms with van der Waals surface area (Å²) in [6.07, 6.45) is 2.03. The van der Waals surface area contributed by atoms with Gasteiger partial charge in [0.05, 0.1) is 12.2 Å². The van der Waals surface area contributed by atoms with Crippen LogP contribution in [0.5, 0.6) is 11.5 Å². The summed E-state index contributed by atoms with van der Waals surface area (Å²) in [5.74, 6) is 1.06. The van der Waals surface area contributed by atoms with Gasteiger partial charge in [-0.25, -0.2) is 0 Å². The molecular formula is C20H19NO4. The van der Waals surface area contributed by atoms with Gasteiger partial charge < -0.3 is 15.2 Å². The van der Waals surface area contributed by atoms with Gasteiger partial charge in [-0.05, 0) is 55.2 Å². The lowest BCUT2D eigenvalue weighted by Crippen LogP contribution is -2.17. The molecule has 0 fully saturated rings. The van der Waals surface area contributed by atoms with Crippen LogP contribution in [0.4, 0.5) is 0 Å². The number of carbonyl (C=O) groups is 2. The van der Waals surface area contributed by atoms with E-state index >= 15 is 0 Å². The molecule has 0 spiro atoms. The summed E-state index contributed by atoms with van der Waals surface area (Å²) in [5.41, 5.74) is 9.55. The maximum absolute atomic E-state index is 12.0. The maximum Gasteiger partial charge on any atom is 0.248 e. The molecule has 1 amide bonds. The van der Waals surface area contributed by atoms with Gasteiger partial charge in [0.15, 0.2) is 5.78 Å². The average Bonchev–Trinajstić information content (AvgIpc) is 3.00. The molecule has 4 rings (SSSR count). The Morgan fingerprint density at radius 2 is 2.08 bits per heavy atom. The highest BCUT2D eigenvalue weighted by molar-refractivity contribution is 6.00. The summed E-state index contributed by atoms with van der Waals surface area (Å²) in [6.45, 7) is 2.33. The first-order chi connectivity index (χ1) is 12.0. The highest BCUT2D eigenvalue weighted by atomic mass is 16.5. The van der Waals surface area contributed by atoms with Gasteiger partial charge in [-0.15, -0.1) is 0 Å². The summed E-state index contributed by atoms with van der Waals surface area (Å²) in [7, 11) is 0. The number of primary amides is 1. The Balaban J connectivity index is 1.63. The predicted octanol–water partition coefficient (Wildman–Crippen LogP) is 3.13. The molecular weight excluding hydrogens is 318 g/mol. The zero-order valence-corrected chi connectivity index (χ0v) is 14.0. The summed E-state index contributed by atoms with van der Waals surface area (Å²) >= 11 is 0. The second kappa shape index (κ2) is 5.92. The molecule has 25 heavy (non-hydrogen) atoms. The number of amides is 1. The predicted molar refractivity (Wildman–Crippen MR) is 92.3 cm³/mol. The smallest absolute Gasteiger partial charge is 0.248 e. The molecule has 5 heteroatoms. The van der Waals surface area contributed by atoms with Gasteiger partial charge in [0.25, 0.3) is 0 Å². The van der Waals surface area contributed by atoms with Crippen molar-refractivity contribution in [3.05, 3.63) is 58.1 Å². The standard InChI is InChI=1S/C20H19NO4/c1-11-17(7-5-15-16(22)8-9-24-19(11)15)25-18-6-3-12-10-13(20(21)23)2-4-14(12)18/h2,4-5,7,10,18H,3,6,8-9H2,1H3,(H2,21,23)/t18-/m1/s1. The van der Waals surface area contributed by atoms with Crippen LogP contribution in [0.25, 0.3) is 0 Å².